The molecule has 84 valence electrons. The van der Waals surface area contributed by atoms with Crippen LogP contribution in [0.2, 0.25) is 0 Å². The van der Waals surface area contributed by atoms with Crippen LogP contribution in [0.4, 0.5) is 0 Å². The fourth-order valence-electron chi connectivity index (χ4n) is 1.66. The Morgan fingerprint density at radius 1 is 1.64 bits per heavy atom. The molecule has 1 heterocycles. The van der Waals surface area contributed by atoms with E-state index in [9.17, 15) is 0 Å². The summed E-state index contributed by atoms with van der Waals surface area (Å²) < 4.78 is 10.7. The first kappa shape index (κ1) is 11.9. The molecule has 1 aliphatic rings. The number of hydrogen-bond acceptors (Lipinski definition) is 4. The SMILES string of the molecule is COC(CN)CCNCC1CCCO1. The van der Waals surface area contributed by atoms with Crippen molar-refractivity contribution >= 4 is 0 Å². The molecule has 2 atom stereocenters. The van der Waals surface area contributed by atoms with Crippen molar-refractivity contribution in [2.75, 3.05) is 33.4 Å². The molecule has 0 bridgehead atoms. The average Bonchev–Trinajstić information content (AvgIpc) is 2.71. The fraction of sp³-hybridized carbons (Fsp3) is 1.00. The first-order valence-corrected chi connectivity index (χ1v) is 5.42. The van der Waals surface area contributed by atoms with Crippen LogP contribution in [0.1, 0.15) is 19.3 Å². The summed E-state index contributed by atoms with van der Waals surface area (Å²) in [6.07, 6.45) is 3.98. The molecule has 2 unspecified atom stereocenters. The molecule has 1 rings (SSSR count). The second kappa shape index (κ2) is 7.17. The van der Waals surface area contributed by atoms with Crippen LogP contribution < -0.4 is 11.1 Å². The molecule has 0 saturated carbocycles. The quantitative estimate of drug-likeness (QED) is 0.576. The molecule has 4 heteroatoms. The minimum Gasteiger partial charge on any atom is -0.380 e. The van der Waals surface area contributed by atoms with Crippen LogP contribution in [-0.4, -0.2) is 45.6 Å². The highest BCUT2D eigenvalue weighted by Gasteiger charge is 2.14. The average molecular weight is 202 g/mol. The van der Waals surface area contributed by atoms with Gasteiger partial charge in [-0.2, -0.15) is 0 Å². The van der Waals surface area contributed by atoms with Crippen molar-refractivity contribution in [3.8, 4) is 0 Å². The van der Waals surface area contributed by atoms with Crippen LogP contribution in [0.25, 0.3) is 0 Å². The number of hydrogen-bond donors (Lipinski definition) is 2. The highest BCUT2D eigenvalue weighted by molar-refractivity contribution is 4.68. The van der Waals surface area contributed by atoms with E-state index in [0.717, 1.165) is 26.1 Å². The number of ether oxygens (including phenoxy) is 2. The van der Waals surface area contributed by atoms with Gasteiger partial charge in [0.25, 0.3) is 0 Å². The van der Waals surface area contributed by atoms with Crippen molar-refractivity contribution in [3.63, 3.8) is 0 Å². The summed E-state index contributed by atoms with van der Waals surface area (Å²) in [7, 11) is 1.71. The third-order valence-electron chi connectivity index (χ3n) is 2.64. The second-order valence-electron chi connectivity index (χ2n) is 3.72. The number of nitrogens with two attached hydrogens (primary N) is 1. The molecule has 3 N–H and O–H groups in total. The molecular weight excluding hydrogens is 180 g/mol. The van der Waals surface area contributed by atoms with Gasteiger partial charge in [-0.1, -0.05) is 0 Å². The van der Waals surface area contributed by atoms with E-state index in [1.165, 1.54) is 12.8 Å². The van der Waals surface area contributed by atoms with Gasteiger partial charge in [0, 0.05) is 26.8 Å². The van der Waals surface area contributed by atoms with E-state index < -0.39 is 0 Å². The summed E-state index contributed by atoms with van der Waals surface area (Å²) in [6, 6.07) is 0. The Labute approximate surface area is 86.1 Å². The Balaban J connectivity index is 1.92. The molecule has 0 aromatic carbocycles. The Kier molecular flexibility index (Phi) is 6.10. The van der Waals surface area contributed by atoms with Crippen molar-refractivity contribution in [3.05, 3.63) is 0 Å². The van der Waals surface area contributed by atoms with Crippen LogP contribution in [0.3, 0.4) is 0 Å². The van der Waals surface area contributed by atoms with Gasteiger partial charge in [-0.15, -0.1) is 0 Å². The van der Waals surface area contributed by atoms with E-state index in [2.05, 4.69) is 5.32 Å². The van der Waals surface area contributed by atoms with Gasteiger partial charge in [0.2, 0.25) is 0 Å². The first-order valence-electron chi connectivity index (χ1n) is 5.42. The van der Waals surface area contributed by atoms with E-state index in [1.807, 2.05) is 0 Å². The van der Waals surface area contributed by atoms with Crippen LogP contribution in [0.5, 0.6) is 0 Å². The number of methoxy groups -OCH3 is 1. The van der Waals surface area contributed by atoms with E-state index in [4.69, 9.17) is 15.2 Å². The topological polar surface area (TPSA) is 56.5 Å². The van der Waals surface area contributed by atoms with Gasteiger partial charge in [-0.3, -0.25) is 0 Å². The van der Waals surface area contributed by atoms with E-state index >= 15 is 0 Å². The summed E-state index contributed by atoms with van der Waals surface area (Å²) >= 11 is 0. The lowest BCUT2D eigenvalue weighted by Crippen LogP contribution is -2.31. The van der Waals surface area contributed by atoms with Gasteiger partial charge in [-0.25, -0.2) is 0 Å². The molecule has 14 heavy (non-hydrogen) atoms. The van der Waals surface area contributed by atoms with Gasteiger partial charge >= 0.3 is 0 Å². The lowest BCUT2D eigenvalue weighted by atomic mass is 10.2. The Morgan fingerprint density at radius 2 is 2.50 bits per heavy atom. The summed E-state index contributed by atoms with van der Waals surface area (Å²) in [5, 5.41) is 3.37. The summed E-state index contributed by atoms with van der Waals surface area (Å²) in [5.41, 5.74) is 5.51. The van der Waals surface area contributed by atoms with E-state index in [0.29, 0.717) is 12.6 Å². The van der Waals surface area contributed by atoms with Crippen LogP contribution in [0, 0.1) is 0 Å². The molecule has 4 nitrogen and oxygen atoms in total. The zero-order valence-corrected chi connectivity index (χ0v) is 9.00. The summed E-state index contributed by atoms with van der Waals surface area (Å²) in [4.78, 5) is 0. The molecule has 1 aliphatic heterocycles. The lowest BCUT2D eigenvalue weighted by Gasteiger charge is -2.14. The molecular formula is C10H22N2O2. The maximum absolute atomic E-state index is 5.51. The van der Waals surface area contributed by atoms with E-state index in [-0.39, 0.29) is 6.10 Å². The minimum atomic E-state index is 0.187. The predicted octanol–water partition coefficient (Wildman–Crippen LogP) is 0.119. The molecule has 0 aromatic heterocycles. The standard InChI is InChI=1S/C10H22N2O2/c1-13-9(7-11)4-5-12-8-10-3-2-6-14-10/h9-10,12H,2-8,11H2,1H3. The Morgan fingerprint density at radius 3 is 3.07 bits per heavy atom. The molecule has 0 spiro atoms. The second-order valence-corrected chi connectivity index (χ2v) is 3.72. The normalized spacial score (nSPS) is 24.0. The smallest absolute Gasteiger partial charge is 0.0705 e. The van der Waals surface area contributed by atoms with Crippen molar-refractivity contribution in [1.29, 1.82) is 0 Å². The zero-order valence-electron chi connectivity index (χ0n) is 9.00. The summed E-state index contributed by atoms with van der Waals surface area (Å²) in [5.74, 6) is 0. The first-order chi connectivity index (χ1) is 6.86. The molecule has 0 aliphatic carbocycles. The minimum absolute atomic E-state index is 0.187. The molecule has 1 saturated heterocycles. The lowest BCUT2D eigenvalue weighted by molar-refractivity contribution is 0.0944. The number of nitrogens with one attached hydrogen (secondary N) is 1. The van der Waals surface area contributed by atoms with Crippen molar-refractivity contribution < 1.29 is 9.47 Å². The van der Waals surface area contributed by atoms with E-state index in [1.54, 1.807) is 7.11 Å². The molecule has 1 fully saturated rings. The third-order valence-corrected chi connectivity index (χ3v) is 2.64. The summed E-state index contributed by atoms with van der Waals surface area (Å²) in [6.45, 7) is 3.44. The highest BCUT2D eigenvalue weighted by Crippen LogP contribution is 2.10. The van der Waals surface area contributed by atoms with Gasteiger partial charge in [-0.05, 0) is 25.8 Å². The van der Waals surface area contributed by atoms with Crippen molar-refractivity contribution in [2.24, 2.45) is 5.73 Å². The maximum atomic E-state index is 5.51. The highest BCUT2D eigenvalue weighted by atomic mass is 16.5. The number of rotatable bonds is 7. The Hall–Kier alpha value is -0.160. The van der Waals surface area contributed by atoms with Crippen LogP contribution in [-0.2, 0) is 9.47 Å². The fourth-order valence-corrected chi connectivity index (χ4v) is 1.66. The Bertz CT molecular complexity index is 130. The zero-order chi connectivity index (χ0) is 10.2. The van der Waals surface area contributed by atoms with Crippen molar-refractivity contribution in [2.45, 2.75) is 31.5 Å². The van der Waals surface area contributed by atoms with Crippen LogP contribution in [0.15, 0.2) is 0 Å². The third kappa shape index (κ3) is 4.37. The molecule has 0 radical (unpaired) electrons. The van der Waals surface area contributed by atoms with Gasteiger partial charge in [0.15, 0.2) is 0 Å². The molecule has 0 aromatic rings. The molecule has 0 amide bonds. The maximum Gasteiger partial charge on any atom is 0.0705 e. The largest absolute Gasteiger partial charge is 0.380 e. The van der Waals surface area contributed by atoms with Crippen molar-refractivity contribution in [1.82, 2.24) is 5.32 Å². The van der Waals surface area contributed by atoms with Gasteiger partial charge < -0.3 is 20.5 Å². The monoisotopic (exact) mass is 202 g/mol. The van der Waals surface area contributed by atoms with Gasteiger partial charge in [0.1, 0.15) is 0 Å². The van der Waals surface area contributed by atoms with Gasteiger partial charge in [0.05, 0.1) is 12.2 Å². The predicted molar refractivity (Wildman–Crippen MR) is 56.3 cm³/mol. The van der Waals surface area contributed by atoms with Crippen LogP contribution >= 0.6 is 0 Å².